The fourth-order valence-electron chi connectivity index (χ4n) is 1.52. The van der Waals surface area contributed by atoms with E-state index < -0.39 is 5.97 Å². The second-order valence-corrected chi connectivity index (χ2v) is 4.13. The molecule has 0 bridgehead atoms. The minimum Gasteiger partial charge on any atom is -0.481 e. The summed E-state index contributed by atoms with van der Waals surface area (Å²) in [5, 5.41) is 11.4. The third-order valence-corrected chi connectivity index (χ3v) is 2.69. The number of hydrogen-bond donors (Lipinski definition) is 2. The van der Waals surface area contributed by atoms with Crippen molar-refractivity contribution < 1.29 is 14.7 Å². The summed E-state index contributed by atoms with van der Waals surface area (Å²) in [6.07, 6.45) is 1.06. The number of nitrogens with zero attached hydrogens (tertiary/aromatic N) is 1. The van der Waals surface area contributed by atoms with E-state index >= 15 is 0 Å². The highest BCUT2D eigenvalue weighted by atomic mass is 16.4. The van der Waals surface area contributed by atoms with Crippen molar-refractivity contribution in [3.8, 4) is 0 Å². The van der Waals surface area contributed by atoms with E-state index in [0.29, 0.717) is 13.1 Å². The number of carbonyl (C=O) groups excluding carboxylic acids is 1. The molecule has 1 aliphatic heterocycles. The number of rotatable bonds is 4. The van der Waals surface area contributed by atoms with Gasteiger partial charge < -0.3 is 15.3 Å². The van der Waals surface area contributed by atoms with Gasteiger partial charge in [-0.3, -0.25) is 4.79 Å². The number of carbonyl (C=O) groups is 2. The predicted octanol–water partition coefficient (Wildman–Crippen LogP) is 0.901. The van der Waals surface area contributed by atoms with E-state index in [1.54, 1.807) is 4.90 Å². The van der Waals surface area contributed by atoms with Crippen LogP contribution in [0.3, 0.4) is 0 Å². The molecule has 0 spiro atoms. The quantitative estimate of drug-likeness (QED) is 0.730. The summed E-state index contributed by atoms with van der Waals surface area (Å²) < 4.78 is 0. The zero-order chi connectivity index (χ0) is 11.4. The van der Waals surface area contributed by atoms with E-state index in [1.807, 2.05) is 13.8 Å². The van der Waals surface area contributed by atoms with Crippen molar-refractivity contribution in [3.05, 3.63) is 0 Å². The number of hydrogen-bond acceptors (Lipinski definition) is 2. The van der Waals surface area contributed by atoms with Crippen LogP contribution in [0.1, 0.15) is 26.7 Å². The van der Waals surface area contributed by atoms with Crippen LogP contribution in [0, 0.1) is 5.92 Å². The predicted molar refractivity (Wildman–Crippen MR) is 55.6 cm³/mol. The average Bonchev–Trinajstić information content (AvgIpc) is 2.09. The smallest absolute Gasteiger partial charge is 0.317 e. The standard InChI is InChI=1S/C10H18N2O3/c1-3-7(2)11-10(15)12-5-8(6-12)4-9(13)14/h7-8H,3-6H2,1-2H3,(H,11,15)(H,13,14). The number of likely N-dealkylation sites (tertiary alicyclic amines) is 1. The molecule has 1 unspecified atom stereocenters. The lowest BCUT2D eigenvalue weighted by Crippen LogP contribution is -2.55. The summed E-state index contributed by atoms with van der Waals surface area (Å²) in [5.74, 6) is -0.660. The van der Waals surface area contributed by atoms with Gasteiger partial charge in [0.05, 0.1) is 6.42 Å². The largest absolute Gasteiger partial charge is 0.481 e. The van der Waals surface area contributed by atoms with E-state index in [9.17, 15) is 9.59 Å². The second-order valence-electron chi connectivity index (χ2n) is 4.13. The van der Waals surface area contributed by atoms with E-state index in [4.69, 9.17) is 5.11 Å². The van der Waals surface area contributed by atoms with Gasteiger partial charge in [0, 0.05) is 25.0 Å². The van der Waals surface area contributed by atoms with Gasteiger partial charge in [-0.25, -0.2) is 4.79 Å². The van der Waals surface area contributed by atoms with Gasteiger partial charge in [-0.1, -0.05) is 6.92 Å². The third kappa shape index (κ3) is 3.42. The monoisotopic (exact) mass is 214 g/mol. The first kappa shape index (κ1) is 11.8. The molecule has 86 valence electrons. The number of carboxylic acid groups (broad SMARTS) is 1. The SMILES string of the molecule is CCC(C)NC(=O)N1CC(CC(=O)O)C1. The molecule has 15 heavy (non-hydrogen) atoms. The molecular weight excluding hydrogens is 196 g/mol. The number of aliphatic carboxylic acids is 1. The van der Waals surface area contributed by atoms with Gasteiger partial charge in [0.1, 0.15) is 0 Å². The lowest BCUT2D eigenvalue weighted by atomic mass is 9.97. The van der Waals surface area contributed by atoms with E-state index in [2.05, 4.69) is 5.32 Å². The van der Waals surface area contributed by atoms with Gasteiger partial charge >= 0.3 is 12.0 Å². The second kappa shape index (κ2) is 5.00. The molecule has 2 amide bonds. The van der Waals surface area contributed by atoms with Gasteiger partial charge in [-0.2, -0.15) is 0 Å². The van der Waals surface area contributed by atoms with Crippen LogP contribution < -0.4 is 5.32 Å². The minimum atomic E-state index is -0.790. The van der Waals surface area contributed by atoms with Crippen LogP contribution in [0.2, 0.25) is 0 Å². The number of carboxylic acids is 1. The van der Waals surface area contributed by atoms with Crippen molar-refractivity contribution in [1.82, 2.24) is 10.2 Å². The lowest BCUT2D eigenvalue weighted by molar-refractivity contribution is -0.139. The van der Waals surface area contributed by atoms with Crippen LogP contribution in [-0.4, -0.2) is 41.1 Å². The van der Waals surface area contributed by atoms with Gasteiger partial charge in [0.2, 0.25) is 0 Å². The molecule has 1 aliphatic rings. The van der Waals surface area contributed by atoms with Crippen LogP contribution >= 0.6 is 0 Å². The topological polar surface area (TPSA) is 69.6 Å². The highest BCUT2D eigenvalue weighted by molar-refractivity contribution is 5.76. The summed E-state index contributed by atoms with van der Waals surface area (Å²) in [4.78, 5) is 23.5. The lowest BCUT2D eigenvalue weighted by Gasteiger charge is -2.39. The van der Waals surface area contributed by atoms with Gasteiger partial charge in [-0.05, 0) is 13.3 Å². The molecule has 1 saturated heterocycles. The van der Waals surface area contributed by atoms with Crippen molar-refractivity contribution in [2.75, 3.05) is 13.1 Å². The molecular formula is C10H18N2O3. The van der Waals surface area contributed by atoms with Crippen molar-refractivity contribution in [1.29, 1.82) is 0 Å². The van der Waals surface area contributed by atoms with Crippen LogP contribution in [0.4, 0.5) is 4.79 Å². The molecule has 0 aromatic heterocycles. The molecule has 0 aliphatic carbocycles. The molecule has 1 fully saturated rings. The Morgan fingerprint density at radius 1 is 1.53 bits per heavy atom. The summed E-state index contributed by atoms with van der Waals surface area (Å²) in [5.41, 5.74) is 0. The molecule has 1 heterocycles. The Morgan fingerprint density at radius 3 is 2.60 bits per heavy atom. The molecule has 0 aromatic carbocycles. The fraction of sp³-hybridized carbons (Fsp3) is 0.800. The normalized spacial score (nSPS) is 18.1. The minimum absolute atomic E-state index is 0.0778. The van der Waals surface area contributed by atoms with Crippen molar-refractivity contribution >= 4 is 12.0 Å². The molecule has 1 rings (SSSR count). The fourth-order valence-corrected chi connectivity index (χ4v) is 1.52. The number of amides is 2. The molecule has 1 atom stereocenters. The Hall–Kier alpha value is -1.26. The molecule has 5 heteroatoms. The van der Waals surface area contributed by atoms with Gasteiger partial charge in [-0.15, -0.1) is 0 Å². The first-order valence-corrected chi connectivity index (χ1v) is 5.30. The summed E-state index contributed by atoms with van der Waals surface area (Å²) >= 11 is 0. The molecule has 0 aromatic rings. The summed E-state index contributed by atoms with van der Waals surface area (Å²) in [6.45, 7) is 5.09. The average molecular weight is 214 g/mol. The Bertz CT molecular complexity index is 249. The maximum Gasteiger partial charge on any atom is 0.317 e. The van der Waals surface area contributed by atoms with E-state index in [1.165, 1.54) is 0 Å². The Balaban J connectivity index is 2.20. The van der Waals surface area contributed by atoms with E-state index in [-0.39, 0.29) is 24.4 Å². The van der Waals surface area contributed by atoms with Crippen molar-refractivity contribution in [2.45, 2.75) is 32.7 Å². The highest BCUT2D eigenvalue weighted by Crippen LogP contribution is 2.18. The first-order valence-electron chi connectivity index (χ1n) is 5.30. The number of nitrogens with one attached hydrogen (secondary N) is 1. The van der Waals surface area contributed by atoms with Gasteiger partial charge in [0.15, 0.2) is 0 Å². The zero-order valence-electron chi connectivity index (χ0n) is 9.19. The maximum atomic E-state index is 11.5. The molecule has 2 N–H and O–H groups in total. The number of urea groups is 1. The first-order chi connectivity index (χ1) is 7.02. The van der Waals surface area contributed by atoms with Crippen molar-refractivity contribution in [3.63, 3.8) is 0 Å². The van der Waals surface area contributed by atoms with Crippen LogP contribution in [0.15, 0.2) is 0 Å². The van der Waals surface area contributed by atoms with Crippen LogP contribution in [0.25, 0.3) is 0 Å². The Morgan fingerprint density at radius 2 is 2.13 bits per heavy atom. The maximum absolute atomic E-state index is 11.5. The zero-order valence-corrected chi connectivity index (χ0v) is 9.19. The third-order valence-electron chi connectivity index (χ3n) is 2.69. The molecule has 0 saturated carbocycles. The Labute approximate surface area is 89.4 Å². The Kier molecular flexibility index (Phi) is 3.94. The summed E-state index contributed by atoms with van der Waals surface area (Å²) in [6, 6.07) is 0.0991. The van der Waals surface area contributed by atoms with Gasteiger partial charge in [0.25, 0.3) is 0 Å². The summed E-state index contributed by atoms with van der Waals surface area (Å²) in [7, 11) is 0. The van der Waals surface area contributed by atoms with Crippen LogP contribution in [-0.2, 0) is 4.79 Å². The highest BCUT2D eigenvalue weighted by Gasteiger charge is 2.32. The molecule has 0 radical (unpaired) electrons. The van der Waals surface area contributed by atoms with E-state index in [0.717, 1.165) is 6.42 Å². The van der Waals surface area contributed by atoms with Crippen LogP contribution in [0.5, 0.6) is 0 Å². The van der Waals surface area contributed by atoms with Crippen molar-refractivity contribution in [2.24, 2.45) is 5.92 Å². The molecule has 5 nitrogen and oxygen atoms in total.